The molecule has 0 radical (unpaired) electrons. The highest BCUT2D eigenvalue weighted by Gasteiger charge is 2.25. The second-order valence-electron chi connectivity index (χ2n) is 6.28. The number of aliphatic hydroxyl groups is 1. The lowest BCUT2D eigenvalue weighted by Crippen LogP contribution is -2.16. The van der Waals surface area contributed by atoms with Crippen LogP contribution in [0.4, 0.5) is 0 Å². The van der Waals surface area contributed by atoms with E-state index in [4.69, 9.17) is 4.74 Å². The average Bonchev–Trinajstić information content (AvgIpc) is 2.81. The van der Waals surface area contributed by atoms with Crippen LogP contribution in [-0.4, -0.2) is 23.7 Å². The number of rotatable bonds is 9. The van der Waals surface area contributed by atoms with E-state index in [1.807, 2.05) is 18.2 Å². The summed E-state index contributed by atoms with van der Waals surface area (Å²) in [7, 11) is 0. The lowest BCUT2D eigenvalue weighted by atomic mass is 9.93. The van der Waals surface area contributed by atoms with Crippen LogP contribution in [0.5, 0.6) is 0 Å². The van der Waals surface area contributed by atoms with Crippen LogP contribution in [0.1, 0.15) is 37.8 Å². The van der Waals surface area contributed by atoms with Gasteiger partial charge in [-0.2, -0.15) is 10.1 Å². The van der Waals surface area contributed by atoms with E-state index in [-0.39, 0.29) is 24.4 Å². The highest BCUT2D eigenvalue weighted by atomic mass is 17.2. The van der Waals surface area contributed by atoms with Gasteiger partial charge < -0.3 is 9.84 Å². The van der Waals surface area contributed by atoms with Gasteiger partial charge in [0.25, 0.3) is 0 Å². The number of allylic oxidation sites excluding steroid dienone is 1. The third kappa shape index (κ3) is 6.29. The number of esters is 1. The Bertz CT molecular complexity index is 962. The molecule has 0 saturated carbocycles. The van der Waals surface area contributed by atoms with Crippen LogP contribution >= 0.6 is 0 Å². The minimum absolute atomic E-state index is 0.0729. The number of ether oxygens (including phenoxy) is 1. The molecule has 2 rings (SSSR count). The Kier molecular flexibility index (Phi) is 9.02. The molecule has 0 unspecified atom stereocenters. The third-order valence-electron chi connectivity index (χ3n) is 4.09. The largest absolute Gasteiger partial charge is 0.499 e. The van der Waals surface area contributed by atoms with Gasteiger partial charge in [0.1, 0.15) is 11.6 Å². The van der Waals surface area contributed by atoms with Crippen molar-refractivity contribution in [3.8, 4) is 6.07 Å². The Morgan fingerprint density at radius 2 is 1.48 bits per heavy atom. The minimum Gasteiger partial charge on any atom is -0.499 e. The van der Waals surface area contributed by atoms with Crippen molar-refractivity contribution in [3.05, 3.63) is 88.9 Å². The molecule has 2 aromatic rings. The van der Waals surface area contributed by atoms with Gasteiger partial charge in [-0.25, -0.2) is 9.59 Å². The molecule has 31 heavy (non-hydrogen) atoms. The summed E-state index contributed by atoms with van der Waals surface area (Å²) < 4.78 is 5.28. The van der Waals surface area contributed by atoms with Crippen molar-refractivity contribution < 1.29 is 29.2 Å². The van der Waals surface area contributed by atoms with E-state index in [1.165, 1.54) is 0 Å². The molecule has 0 aromatic heterocycles. The van der Waals surface area contributed by atoms with Gasteiger partial charge in [-0.15, -0.1) is 0 Å². The number of carbonyl (C=O) groups is 2. The molecule has 0 atom stereocenters. The monoisotopic (exact) mass is 421 g/mol. The smallest absolute Gasteiger partial charge is 0.410 e. The van der Waals surface area contributed by atoms with Gasteiger partial charge in [-0.3, -0.25) is 4.89 Å². The van der Waals surface area contributed by atoms with Crippen molar-refractivity contribution in [3.63, 3.8) is 0 Å². The van der Waals surface area contributed by atoms with Crippen LogP contribution in [0.3, 0.4) is 0 Å². The summed E-state index contributed by atoms with van der Waals surface area (Å²) in [6.07, 6.45) is 0.536. The van der Waals surface area contributed by atoms with Crippen molar-refractivity contribution >= 4 is 17.5 Å². The molecule has 0 fully saturated rings. The average molecular weight is 421 g/mol. The van der Waals surface area contributed by atoms with E-state index < -0.39 is 17.7 Å². The number of benzene rings is 2. The maximum Gasteiger partial charge on any atom is 0.410 e. The van der Waals surface area contributed by atoms with Gasteiger partial charge >= 0.3 is 11.9 Å². The third-order valence-corrected chi connectivity index (χ3v) is 4.09. The highest BCUT2D eigenvalue weighted by Crippen LogP contribution is 2.28. The van der Waals surface area contributed by atoms with Crippen LogP contribution in [0.25, 0.3) is 5.57 Å². The Balaban J connectivity index is 2.52. The van der Waals surface area contributed by atoms with E-state index >= 15 is 0 Å². The zero-order valence-electron chi connectivity index (χ0n) is 17.3. The van der Waals surface area contributed by atoms with Gasteiger partial charge in [-0.1, -0.05) is 67.6 Å². The maximum absolute atomic E-state index is 13.0. The Hall–Kier alpha value is -3.89. The van der Waals surface area contributed by atoms with Gasteiger partial charge in [0.15, 0.2) is 5.76 Å². The zero-order chi connectivity index (χ0) is 22.6. The van der Waals surface area contributed by atoms with Gasteiger partial charge in [0.2, 0.25) is 5.76 Å². The van der Waals surface area contributed by atoms with E-state index in [2.05, 4.69) is 9.78 Å². The number of nitriles is 1. The molecule has 1 N–H and O–H groups in total. The molecule has 0 saturated heterocycles. The summed E-state index contributed by atoms with van der Waals surface area (Å²) in [6, 6.07) is 19.8. The van der Waals surface area contributed by atoms with E-state index in [9.17, 15) is 20.0 Å². The van der Waals surface area contributed by atoms with Crippen molar-refractivity contribution in [2.24, 2.45) is 0 Å². The van der Waals surface area contributed by atoms with Crippen molar-refractivity contribution in [2.75, 3.05) is 6.61 Å². The normalized spacial score (nSPS) is 11.0. The Labute approximate surface area is 180 Å². The summed E-state index contributed by atoms with van der Waals surface area (Å²) in [5.41, 5.74) is 1.39. The summed E-state index contributed by atoms with van der Waals surface area (Å²) >= 11 is 0. The predicted octanol–water partition coefficient (Wildman–Crippen LogP) is 4.62. The molecule has 0 spiro atoms. The molecular formula is C24H23NO6. The lowest BCUT2D eigenvalue weighted by Gasteiger charge is -2.13. The molecule has 7 heteroatoms. The number of carbonyl (C=O) groups excluding carboxylic acids is 2. The molecule has 0 amide bonds. The van der Waals surface area contributed by atoms with Crippen LogP contribution in [-0.2, 0) is 24.1 Å². The first-order valence-electron chi connectivity index (χ1n) is 9.76. The second kappa shape index (κ2) is 12.0. The molecule has 160 valence electrons. The molecule has 0 aliphatic carbocycles. The molecule has 0 heterocycles. The number of aliphatic hydroxyl groups excluding tert-OH is 1. The molecule has 0 aliphatic heterocycles. The predicted molar refractivity (Wildman–Crippen MR) is 113 cm³/mol. The van der Waals surface area contributed by atoms with Crippen LogP contribution in [0.15, 0.2) is 77.8 Å². The number of nitrogens with zero attached hydrogens (tertiary/aromatic N) is 1. The molecule has 2 aromatic carbocycles. The fourth-order valence-electron chi connectivity index (χ4n) is 2.74. The Morgan fingerprint density at radius 3 is 1.94 bits per heavy atom. The molecule has 7 nitrogen and oxygen atoms in total. The van der Waals surface area contributed by atoms with E-state index in [0.717, 1.165) is 0 Å². The molecule has 0 bridgehead atoms. The quantitative estimate of drug-likeness (QED) is 0.157. The maximum atomic E-state index is 13.0. The van der Waals surface area contributed by atoms with Crippen molar-refractivity contribution in [1.82, 2.24) is 0 Å². The topological polar surface area (TPSA) is 106 Å². The summed E-state index contributed by atoms with van der Waals surface area (Å²) in [5.74, 6) is -3.37. The number of hydrogen-bond acceptors (Lipinski definition) is 7. The van der Waals surface area contributed by atoms with Crippen molar-refractivity contribution in [2.45, 2.75) is 26.7 Å². The first-order chi connectivity index (χ1) is 15.0. The first-order valence-corrected chi connectivity index (χ1v) is 9.76. The number of hydrogen-bond donors (Lipinski definition) is 1. The fourth-order valence-corrected chi connectivity index (χ4v) is 2.74. The summed E-state index contributed by atoms with van der Waals surface area (Å²) in [6.45, 7) is 3.45. The van der Waals surface area contributed by atoms with Gasteiger partial charge in [0.05, 0.1) is 6.61 Å². The van der Waals surface area contributed by atoms with Crippen molar-refractivity contribution in [1.29, 1.82) is 5.26 Å². The first kappa shape index (κ1) is 23.4. The molecule has 0 aliphatic rings. The van der Waals surface area contributed by atoms with Gasteiger partial charge in [0, 0.05) is 12.0 Å². The molecular weight excluding hydrogens is 398 g/mol. The fraction of sp³-hybridized carbons (Fsp3) is 0.208. The van der Waals surface area contributed by atoms with Crippen LogP contribution in [0, 0.1) is 11.3 Å². The Morgan fingerprint density at radius 1 is 0.935 bits per heavy atom. The standard InChI is InChI=1S/C24H23NO6/c1-3-11-20(22(26)24(28)31-29-4-2)30-23(27)19(16-25)21(17-12-7-5-8-13-17)18-14-9-6-10-15-18/h5-10,12-15,26H,3-4,11H2,1-2H3. The van der Waals surface area contributed by atoms with Gasteiger partial charge in [-0.05, 0) is 24.5 Å². The van der Waals surface area contributed by atoms with E-state index in [0.29, 0.717) is 23.1 Å². The SMILES string of the molecule is CCCC(OC(=O)C(C#N)=C(c1ccccc1)c1ccccc1)=C(O)C(=O)OOCC. The lowest BCUT2D eigenvalue weighted by molar-refractivity contribution is -0.267. The summed E-state index contributed by atoms with van der Waals surface area (Å²) in [4.78, 5) is 33.8. The zero-order valence-corrected chi connectivity index (χ0v) is 17.3. The van der Waals surface area contributed by atoms with Crippen LogP contribution in [0.2, 0.25) is 0 Å². The van der Waals surface area contributed by atoms with Crippen LogP contribution < -0.4 is 0 Å². The summed E-state index contributed by atoms with van der Waals surface area (Å²) in [5, 5.41) is 20.0. The second-order valence-corrected chi connectivity index (χ2v) is 6.28. The minimum atomic E-state index is -1.19. The highest BCUT2D eigenvalue weighted by molar-refractivity contribution is 6.05. The van der Waals surface area contributed by atoms with E-state index in [1.54, 1.807) is 62.4 Å².